The van der Waals surface area contributed by atoms with Crippen molar-refractivity contribution >= 4 is 32.6 Å². The van der Waals surface area contributed by atoms with Crippen LogP contribution in [0.4, 0.5) is 8.63 Å². The van der Waals surface area contributed by atoms with Crippen LogP contribution in [0.15, 0.2) is 0 Å². The van der Waals surface area contributed by atoms with Crippen molar-refractivity contribution in [3.63, 3.8) is 0 Å². The molecule has 0 aromatic rings. The van der Waals surface area contributed by atoms with Gasteiger partial charge in [-0.2, -0.15) is 0 Å². The van der Waals surface area contributed by atoms with Crippen LogP contribution in [0.1, 0.15) is 129 Å². The number of ether oxygens (including phenoxy) is 2. The Morgan fingerprint density at radius 2 is 1.30 bits per heavy atom. The standard InChI is InChI=1S/C34H67B2F2N3O5/c1-15-33(13,26(43)27(35-37)36-38)39-22-29(5,6)21-30(7,8)28(44)34(14,16-2)40-23-32(11,12)46-19-17-25(42)41-31(9,10)18-20-45-24(3)4/h24,27,35-36,39-40H,15-23H2,1-14H3,(H,41,42). The van der Waals surface area contributed by atoms with Crippen molar-refractivity contribution in [3.05, 3.63) is 0 Å². The molecule has 268 valence electrons. The van der Waals surface area contributed by atoms with Crippen LogP contribution in [-0.4, -0.2) is 87.2 Å². The number of hydrogen-bond acceptors (Lipinski definition) is 7. The van der Waals surface area contributed by atoms with E-state index in [9.17, 15) is 23.0 Å². The minimum absolute atomic E-state index is 0.0682. The first kappa shape index (κ1) is 44.6. The van der Waals surface area contributed by atoms with Crippen LogP contribution in [0.2, 0.25) is 5.72 Å². The molecule has 0 spiro atoms. The largest absolute Gasteiger partial charge is 0.379 e. The lowest BCUT2D eigenvalue weighted by Gasteiger charge is -2.42. The molecule has 0 aliphatic rings. The maximum Gasteiger partial charge on any atom is 0.337 e. The summed E-state index contributed by atoms with van der Waals surface area (Å²) in [6, 6.07) is 0. The Balaban J connectivity index is 5.24. The zero-order valence-corrected chi connectivity index (χ0v) is 31.7. The molecule has 0 aromatic heterocycles. The summed E-state index contributed by atoms with van der Waals surface area (Å²) in [7, 11) is -2.05. The monoisotopic (exact) mass is 658 g/mol. The molecule has 3 N–H and O–H groups in total. The number of nitrogens with one attached hydrogen (secondary N) is 3. The van der Waals surface area contributed by atoms with Crippen LogP contribution in [0.25, 0.3) is 0 Å². The van der Waals surface area contributed by atoms with E-state index in [-0.39, 0.29) is 36.4 Å². The molecule has 0 bridgehead atoms. The van der Waals surface area contributed by atoms with E-state index in [1.165, 1.54) is 0 Å². The minimum Gasteiger partial charge on any atom is -0.379 e. The summed E-state index contributed by atoms with van der Waals surface area (Å²) >= 11 is 0. The van der Waals surface area contributed by atoms with Gasteiger partial charge in [0, 0.05) is 36.4 Å². The second-order valence-corrected chi connectivity index (χ2v) is 16.5. The Morgan fingerprint density at radius 1 is 0.783 bits per heavy atom. The molecule has 12 heteroatoms. The molecule has 46 heavy (non-hydrogen) atoms. The zero-order chi connectivity index (χ0) is 36.2. The van der Waals surface area contributed by atoms with E-state index >= 15 is 0 Å². The molecule has 0 fully saturated rings. The van der Waals surface area contributed by atoms with Gasteiger partial charge in [-0.15, -0.1) is 0 Å². The average molecular weight is 658 g/mol. The summed E-state index contributed by atoms with van der Waals surface area (Å²) < 4.78 is 38.3. The Labute approximate surface area is 281 Å². The maximum atomic E-state index is 14.1. The fourth-order valence-electron chi connectivity index (χ4n) is 5.84. The van der Waals surface area contributed by atoms with Crippen LogP contribution < -0.4 is 16.0 Å². The molecule has 0 saturated carbocycles. The number of Topliss-reactive ketones (excluding diaryl/α,β-unsaturated/α-hetero) is 2. The molecule has 2 atom stereocenters. The van der Waals surface area contributed by atoms with Crippen molar-refractivity contribution in [1.29, 1.82) is 0 Å². The number of hydrogen-bond donors (Lipinski definition) is 3. The minimum atomic E-state index is -1.27. The Bertz CT molecular complexity index is 976. The molecule has 0 rings (SSSR count). The quantitative estimate of drug-likeness (QED) is 0.114. The van der Waals surface area contributed by atoms with Gasteiger partial charge >= 0.3 is 15.1 Å². The molecule has 0 heterocycles. The van der Waals surface area contributed by atoms with E-state index in [1.807, 2.05) is 90.0 Å². The molecule has 0 radical (unpaired) electrons. The van der Waals surface area contributed by atoms with Crippen LogP contribution >= 0.6 is 0 Å². The molecule has 0 aromatic carbocycles. The molecule has 0 aliphatic carbocycles. The third-order valence-corrected chi connectivity index (χ3v) is 9.08. The van der Waals surface area contributed by atoms with Gasteiger partial charge in [0.25, 0.3) is 0 Å². The molecule has 1 amide bonds. The predicted octanol–water partition coefficient (Wildman–Crippen LogP) is 5.37. The van der Waals surface area contributed by atoms with Gasteiger partial charge in [0.05, 0.1) is 35.8 Å². The van der Waals surface area contributed by atoms with Crippen molar-refractivity contribution in [2.75, 3.05) is 26.3 Å². The molecule has 0 aliphatic heterocycles. The number of ketones is 2. The van der Waals surface area contributed by atoms with Gasteiger partial charge in [0.15, 0.2) is 5.78 Å². The summed E-state index contributed by atoms with van der Waals surface area (Å²) in [4.78, 5) is 39.5. The van der Waals surface area contributed by atoms with Gasteiger partial charge in [-0.25, -0.2) is 0 Å². The van der Waals surface area contributed by atoms with Crippen molar-refractivity contribution in [1.82, 2.24) is 16.0 Å². The van der Waals surface area contributed by atoms with E-state index in [1.54, 1.807) is 6.92 Å². The molecule has 0 saturated heterocycles. The first-order valence-electron chi connectivity index (χ1n) is 17.1. The highest BCUT2D eigenvalue weighted by Gasteiger charge is 2.45. The molecule has 8 nitrogen and oxygen atoms in total. The van der Waals surface area contributed by atoms with Gasteiger partial charge in [0.2, 0.25) is 5.91 Å². The van der Waals surface area contributed by atoms with Crippen LogP contribution in [0, 0.1) is 10.8 Å². The maximum absolute atomic E-state index is 14.1. The normalized spacial score (nSPS) is 15.8. The third-order valence-electron chi connectivity index (χ3n) is 9.08. The van der Waals surface area contributed by atoms with Crippen molar-refractivity contribution in [2.45, 2.75) is 163 Å². The summed E-state index contributed by atoms with van der Waals surface area (Å²) in [5.41, 5.74) is -5.28. The predicted molar refractivity (Wildman–Crippen MR) is 188 cm³/mol. The van der Waals surface area contributed by atoms with E-state index < -0.39 is 54.1 Å². The van der Waals surface area contributed by atoms with Crippen LogP contribution in [-0.2, 0) is 23.9 Å². The van der Waals surface area contributed by atoms with Gasteiger partial charge in [-0.3, -0.25) is 14.4 Å². The smallest absolute Gasteiger partial charge is 0.337 e. The highest BCUT2D eigenvalue weighted by atomic mass is 19.1. The van der Waals surface area contributed by atoms with E-state index in [4.69, 9.17) is 9.47 Å². The lowest BCUT2D eigenvalue weighted by molar-refractivity contribution is -0.136. The van der Waals surface area contributed by atoms with Gasteiger partial charge < -0.3 is 34.1 Å². The highest BCUT2D eigenvalue weighted by molar-refractivity contribution is 6.59. The number of carbonyl (C=O) groups excluding carboxylic acids is 3. The highest BCUT2D eigenvalue weighted by Crippen LogP contribution is 2.38. The van der Waals surface area contributed by atoms with E-state index in [2.05, 4.69) is 16.0 Å². The fourth-order valence-corrected chi connectivity index (χ4v) is 5.84. The lowest BCUT2D eigenvalue weighted by Crippen LogP contribution is -2.58. The van der Waals surface area contributed by atoms with Crippen molar-refractivity contribution in [3.8, 4) is 0 Å². The van der Waals surface area contributed by atoms with Gasteiger partial charge in [-0.1, -0.05) is 41.5 Å². The Kier molecular flexibility index (Phi) is 17.9. The molecular weight excluding hydrogens is 590 g/mol. The van der Waals surface area contributed by atoms with Crippen LogP contribution in [0.3, 0.4) is 0 Å². The number of halogens is 2. The second kappa shape index (κ2) is 18.4. The third kappa shape index (κ3) is 15.2. The van der Waals surface area contributed by atoms with E-state index in [0.29, 0.717) is 45.4 Å². The number of carbonyl (C=O) groups is 3. The van der Waals surface area contributed by atoms with E-state index in [0.717, 1.165) is 0 Å². The first-order chi connectivity index (χ1) is 20.8. The lowest BCUT2D eigenvalue weighted by atomic mass is 9.58. The summed E-state index contributed by atoms with van der Waals surface area (Å²) in [5.74, 6) is -0.479. The Morgan fingerprint density at radius 3 is 1.78 bits per heavy atom. The second-order valence-electron chi connectivity index (χ2n) is 16.5. The topological polar surface area (TPSA) is 106 Å². The van der Waals surface area contributed by atoms with Gasteiger partial charge in [0.1, 0.15) is 5.78 Å². The summed E-state index contributed by atoms with van der Waals surface area (Å²) in [6.07, 6.45) is 2.57. The first-order valence-corrected chi connectivity index (χ1v) is 17.1. The fraction of sp³-hybridized carbons (Fsp3) is 0.912. The zero-order valence-electron chi connectivity index (χ0n) is 31.7. The van der Waals surface area contributed by atoms with Crippen molar-refractivity contribution < 1.29 is 32.5 Å². The average Bonchev–Trinajstić information content (AvgIpc) is 2.93. The summed E-state index contributed by atoms with van der Waals surface area (Å²) in [5, 5.41) is 9.82. The molecular formula is C34H67B2F2N3O5. The summed E-state index contributed by atoms with van der Waals surface area (Å²) in [6.45, 7) is 28.8. The Hall–Kier alpha value is -1.36. The van der Waals surface area contributed by atoms with Crippen LogP contribution in [0.5, 0.6) is 0 Å². The SMILES string of the molecule is CCC(C)(NCC(C)(C)CC(C)(C)C(=O)C(C)(CC)NCC(C)(C)OCCC(=O)NC(C)(C)CCOC(C)C)C(=O)C(BF)BF. The van der Waals surface area contributed by atoms with Crippen molar-refractivity contribution in [2.24, 2.45) is 10.8 Å². The number of rotatable bonds is 25. The van der Waals surface area contributed by atoms with Gasteiger partial charge in [-0.05, 0) is 86.5 Å². The molecule has 2 unspecified atom stereocenters. The number of amides is 1.